The Morgan fingerprint density at radius 3 is 2.45 bits per heavy atom. The van der Waals surface area contributed by atoms with Gasteiger partial charge in [-0.3, -0.25) is 0 Å². The second-order valence-electron chi connectivity index (χ2n) is 6.86. The molecule has 1 aromatic heterocycles. The molecule has 5 heteroatoms. The van der Waals surface area contributed by atoms with E-state index in [2.05, 4.69) is 34.6 Å². The van der Waals surface area contributed by atoms with Crippen LogP contribution in [0.1, 0.15) is 29.0 Å². The van der Waals surface area contributed by atoms with Gasteiger partial charge in [0.25, 0.3) is 0 Å². The third kappa shape index (κ3) is 4.49. The van der Waals surface area contributed by atoms with Crippen LogP contribution in [0.5, 0.6) is 0 Å². The van der Waals surface area contributed by atoms with E-state index in [0.29, 0.717) is 24.7 Å². The van der Waals surface area contributed by atoms with Crippen LogP contribution in [0.3, 0.4) is 0 Å². The molecule has 0 spiro atoms. The molecule has 3 aromatic rings. The van der Waals surface area contributed by atoms with Crippen LogP contribution in [0.15, 0.2) is 72.9 Å². The van der Waals surface area contributed by atoms with E-state index in [1.807, 2.05) is 42.5 Å². The van der Waals surface area contributed by atoms with Gasteiger partial charge < -0.3 is 10.1 Å². The summed E-state index contributed by atoms with van der Waals surface area (Å²) in [5.74, 6) is 0.0736. The quantitative estimate of drug-likeness (QED) is 0.425. The van der Waals surface area contributed by atoms with Crippen LogP contribution in [0.2, 0.25) is 5.15 Å². The van der Waals surface area contributed by atoms with Gasteiger partial charge in [0, 0.05) is 18.7 Å². The zero-order chi connectivity index (χ0) is 20.1. The molecule has 1 N–H and O–H groups in total. The van der Waals surface area contributed by atoms with Crippen molar-refractivity contribution >= 4 is 23.8 Å². The predicted octanol–water partition coefficient (Wildman–Crippen LogP) is 5.68. The predicted molar refractivity (Wildman–Crippen MR) is 116 cm³/mol. The van der Waals surface area contributed by atoms with E-state index in [-0.39, 0.29) is 5.92 Å². The van der Waals surface area contributed by atoms with Crippen molar-refractivity contribution in [1.82, 2.24) is 10.3 Å². The fourth-order valence-electron chi connectivity index (χ4n) is 3.65. The summed E-state index contributed by atoms with van der Waals surface area (Å²) < 4.78 is 5.52. The normalized spacial score (nSPS) is 12.6. The second kappa shape index (κ2) is 8.93. The van der Waals surface area contributed by atoms with Crippen molar-refractivity contribution in [3.63, 3.8) is 0 Å². The SMILES string of the molecule is O=C(NCCC=Cc1ccnc(Cl)c1)OCC1c2ccccc2-c2ccccc21. The summed E-state index contributed by atoms with van der Waals surface area (Å²) >= 11 is 5.86. The first-order valence-corrected chi connectivity index (χ1v) is 9.97. The highest BCUT2D eigenvalue weighted by Crippen LogP contribution is 2.44. The zero-order valence-corrected chi connectivity index (χ0v) is 16.6. The summed E-state index contributed by atoms with van der Waals surface area (Å²) in [7, 11) is 0. The summed E-state index contributed by atoms with van der Waals surface area (Å²) in [5, 5.41) is 3.26. The van der Waals surface area contributed by atoms with Crippen molar-refractivity contribution in [3.8, 4) is 11.1 Å². The molecule has 0 radical (unpaired) electrons. The highest BCUT2D eigenvalue weighted by atomic mass is 35.5. The average molecular weight is 405 g/mol. The van der Waals surface area contributed by atoms with Crippen LogP contribution in [0, 0.1) is 0 Å². The van der Waals surface area contributed by atoms with Crippen LogP contribution in [0.25, 0.3) is 17.2 Å². The van der Waals surface area contributed by atoms with Gasteiger partial charge in [0.05, 0.1) is 0 Å². The van der Waals surface area contributed by atoms with Crippen LogP contribution in [0.4, 0.5) is 4.79 Å². The molecule has 29 heavy (non-hydrogen) atoms. The maximum Gasteiger partial charge on any atom is 0.407 e. The number of nitrogens with one attached hydrogen (secondary N) is 1. The summed E-state index contributed by atoms with van der Waals surface area (Å²) in [6.45, 7) is 0.831. The van der Waals surface area contributed by atoms with E-state index >= 15 is 0 Å². The Morgan fingerprint density at radius 2 is 1.76 bits per heavy atom. The van der Waals surface area contributed by atoms with Crippen LogP contribution in [-0.4, -0.2) is 24.2 Å². The number of ether oxygens (including phenoxy) is 1. The smallest absolute Gasteiger partial charge is 0.407 e. The Morgan fingerprint density at radius 1 is 1.07 bits per heavy atom. The Hall–Kier alpha value is -3.11. The molecule has 0 saturated carbocycles. The minimum Gasteiger partial charge on any atom is -0.449 e. The number of aromatic nitrogens is 1. The first kappa shape index (κ1) is 19.2. The molecule has 0 unspecified atom stereocenters. The molecule has 4 nitrogen and oxygen atoms in total. The molecule has 4 rings (SSSR count). The minimum absolute atomic E-state index is 0.0736. The Labute approximate surface area is 175 Å². The number of alkyl carbamates (subject to hydrolysis) is 1. The fraction of sp³-hybridized carbons (Fsp3) is 0.167. The number of nitrogens with zero attached hydrogens (tertiary/aromatic N) is 1. The van der Waals surface area contributed by atoms with E-state index in [9.17, 15) is 4.79 Å². The molecule has 2 aromatic carbocycles. The highest BCUT2D eigenvalue weighted by Gasteiger charge is 2.28. The van der Waals surface area contributed by atoms with Gasteiger partial charge in [0.2, 0.25) is 0 Å². The third-order valence-corrected chi connectivity index (χ3v) is 5.19. The third-order valence-electron chi connectivity index (χ3n) is 4.98. The van der Waals surface area contributed by atoms with Gasteiger partial charge in [-0.1, -0.05) is 72.3 Å². The Bertz CT molecular complexity index is 1000. The molecule has 1 amide bonds. The van der Waals surface area contributed by atoms with Gasteiger partial charge >= 0.3 is 6.09 Å². The van der Waals surface area contributed by atoms with Crippen molar-refractivity contribution in [2.75, 3.05) is 13.2 Å². The Balaban J connectivity index is 1.28. The fourth-order valence-corrected chi connectivity index (χ4v) is 3.83. The van der Waals surface area contributed by atoms with Gasteiger partial charge in [-0.2, -0.15) is 0 Å². The van der Waals surface area contributed by atoms with E-state index in [0.717, 1.165) is 5.56 Å². The summed E-state index contributed by atoms with van der Waals surface area (Å²) in [5.41, 5.74) is 5.84. The van der Waals surface area contributed by atoms with Crippen molar-refractivity contribution in [2.24, 2.45) is 0 Å². The zero-order valence-electron chi connectivity index (χ0n) is 15.8. The van der Waals surface area contributed by atoms with Crippen LogP contribution >= 0.6 is 11.6 Å². The van der Waals surface area contributed by atoms with Gasteiger partial charge in [-0.25, -0.2) is 9.78 Å². The molecule has 1 aliphatic rings. The first-order valence-electron chi connectivity index (χ1n) is 9.59. The molecule has 1 heterocycles. The van der Waals surface area contributed by atoms with Gasteiger partial charge in [0.1, 0.15) is 11.8 Å². The molecule has 0 fully saturated rings. The standard InChI is InChI=1S/C24H21ClN2O2/c25-23-15-17(12-14-26-23)7-5-6-13-27-24(28)29-16-22-20-10-3-1-8-18(20)19-9-2-4-11-21(19)22/h1-5,7-12,14-15,22H,6,13,16H2,(H,27,28). The van der Waals surface area contributed by atoms with Crippen molar-refractivity contribution in [1.29, 1.82) is 0 Å². The molecule has 146 valence electrons. The molecule has 0 atom stereocenters. The van der Waals surface area contributed by atoms with Gasteiger partial charge in [0.15, 0.2) is 0 Å². The number of amides is 1. The van der Waals surface area contributed by atoms with Crippen molar-refractivity contribution in [3.05, 3.63) is 94.8 Å². The number of carbonyl (C=O) groups is 1. The number of fused-ring (bicyclic) bond motifs is 3. The topological polar surface area (TPSA) is 51.2 Å². The summed E-state index contributed by atoms with van der Waals surface area (Å²) in [6.07, 6.45) is 5.90. The molecule has 0 bridgehead atoms. The number of benzene rings is 2. The maximum atomic E-state index is 12.1. The largest absolute Gasteiger partial charge is 0.449 e. The number of pyridine rings is 1. The lowest BCUT2D eigenvalue weighted by atomic mass is 9.98. The van der Waals surface area contributed by atoms with E-state index in [1.165, 1.54) is 22.3 Å². The van der Waals surface area contributed by atoms with Gasteiger partial charge in [-0.15, -0.1) is 0 Å². The number of hydrogen-bond donors (Lipinski definition) is 1. The van der Waals surface area contributed by atoms with Crippen molar-refractivity contribution in [2.45, 2.75) is 12.3 Å². The first-order chi connectivity index (χ1) is 14.2. The van der Waals surface area contributed by atoms with Crippen LogP contribution in [-0.2, 0) is 4.74 Å². The monoisotopic (exact) mass is 404 g/mol. The summed E-state index contributed by atoms with van der Waals surface area (Å²) in [6, 6.07) is 20.3. The minimum atomic E-state index is -0.396. The highest BCUT2D eigenvalue weighted by molar-refractivity contribution is 6.29. The van der Waals surface area contributed by atoms with E-state index in [1.54, 1.807) is 12.3 Å². The van der Waals surface area contributed by atoms with E-state index < -0.39 is 6.09 Å². The van der Waals surface area contributed by atoms with Crippen LogP contribution < -0.4 is 5.32 Å². The average Bonchev–Trinajstić information content (AvgIpc) is 3.06. The lowest BCUT2D eigenvalue weighted by Gasteiger charge is -2.14. The lowest BCUT2D eigenvalue weighted by molar-refractivity contribution is 0.143. The molecular formula is C24H21ClN2O2. The number of carbonyl (C=O) groups excluding carboxylic acids is 1. The molecule has 0 saturated heterocycles. The van der Waals surface area contributed by atoms with Gasteiger partial charge in [-0.05, 0) is 46.4 Å². The molecular weight excluding hydrogens is 384 g/mol. The van der Waals surface area contributed by atoms with Crippen molar-refractivity contribution < 1.29 is 9.53 Å². The molecule has 1 aliphatic carbocycles. The lowest BCUT2D eigenvalue weighted by Crippen LogP contribution is -2.26. The number of hydrogen-bond acceptors (Lipinski definition) is 3. The Kier molecular flexibility index (Phi) is 5.92. The summed E-state index contributed by atoms with van der Waals surface area (Å²) in [4.78, 5) is 16.1. The number of halogens is 1. The number of rotatable bonds is 6. The van der Waals surface area contributed by atoms with E-state index in [4.69, 9.17) is 16.3 Å². The maximum absolute atomic E-state index is 12.1. The second-order valence-corrected chi connectivity index (χ2v) is 7.24. The molecule has 0 aliphatic heterocycles.